The molecule has 0 unspecified atom stereocenters. The van der Waals surface area contributed by atoms with E-state index >= 15 is 0 Å². The summed E-state index contributed by atoms with van der Waals surface area (Å²) in [6, 6.07) is 20.0. The van der Waals surface area contributed by atoms with Crippen molar-refractivity contribution in [3.05, 3.63) is 88.2 Å². The van der Waals surface area contributed by atoms with Gasteiger partial charge in [-0.3, -0.25) is 9.48 Å². The van der Waals surface area contributed by atoms with Gasteiger partial charge in [-0.1, -0.05) is 60.7 Å². The number of aryl methyl sites for hydroxylation is 1. The van der Waals surface area contributed by atoms with Gasteiger partial charge in [-0.15, -0.1) is 0 Å². The number of benzene rings is 2. The average molecular weight is 384 g/mol. The summed E-state index contributed by atoms with van der Waals surface area (Å²) < 4.78 is 2.34. The van der Waals surface area contributed by atoms with E-state index in [9.17, 15) is 4.79 Å². The fourth-order valence-corrected chi connectivity index (χ4v) is 2.91. The molecule has 0 radical (unpaired) electrons. The summed E-state index contributed by atoms with van der Waals surface area (Å²) in [6.07, 6.45) is 1.61. The summed E-state index contributed by atoms with van der Waals surface area (Å²) in [4.78, 5) is 14.9. The van der Waals surface area contributed by atoms with E-state index in [0.29, 0.717) is 23.3 Å². The van der Waals surface area contributed by atoms with E-state index in [1.807, 2.05) is 65.6 Å². The van der Waals surface area contributed by atoms with Crippen molar-refractivity contribution in [3.63, 3.8) is 0 Å². The monoisotopic (exact) mass is 383 g/mol. The Balaban J connectivity index is 1.89. The van der Waals surface area contributed by atoms with Gasteiger partial charge in [0.05, 0.1) is 11.8 Å². The second-order valence-corrected chi connectivity index (χ2v) is 6.36. The Labute approximate surface area is 149 Å². The second kappa shape index (κ2) is 7.45. The zero-order valence-electron chi connectivity index (χ0n) is 13.4. The van der Waals surface area contributed by atoms with Crippen LogP contribution in [0.2, 0.25) is 0 Å². The maximum absolute atomic E-state index is 13.0. The summed E-state index contributed by atoms with van der Waals surface area (Å²) in [5.74, 6) is -0.0392. The highest BCUT2D eigenvalue weighted by atomic mass is 79.9. The topological polar surface area (TPSA) is 38.1 Å². The molecule has 0 N–H and O–H groups in total. The van der Waals surface area contributed by atoms with Gasteiger partial charge in [0.1, 0.15) is 4.60 Å². The fourth-order valence-electron chi connectivity index (χ4n) is 2.54. The summed E-state index contributed by atoms with van der Waals surface area (Å²) in [6.45, 7) is 1.10. The van der Waals surface area contributed by atoms with Crippen LogP contribution in [0.3, 0.4) is 0 Å². The quantitative estimate of drug-likeness (QED) is 0.666. The number of halogens is 1. The van der Waals surface area contributed by atoms with Crippen LogP contribution in [0.1, 0.15) is 21.5 Å². The van der Waals surface area contributed by atoms with Crippen LogP contribution < -0.4 is 0 Å². The van der Waals surface area contributed by atoms with E-state index in [1.165, 1.54) is 0 Å². The lowest BCUT2D eigenvalue weighted by Crippen LogP contribution is -2.30. The van der Waals surface area contributed by atoms with E-state index < -0.39 is 0 Å². The lowest BCUT2D eigenvalue weighted by atomic mass is 10.1. The molecule has 24 heavy (non-hydrogen) atoms. The maximum Gasteiger partial charge on any atom is 0.258 e. The van der Waals surface area contributed by atoms with Crippen LogP contribution in [-0.4, -0.2) is 20.6 Å². The summed E-state index contributed by atoms with van der Waals surface area (Å²) >= 11 is 3.44. The van der Waals surface area contributed by atoms with Crippen LogP contribution >= 0.6 is 15.9 Å². The first kappa shape index (κ1) is 16.5. The SMILES string of the molecule is Cn1ncc(C(=O)N(Cc2ccccc2)Cc2ccccc2)c1Br. The normalized spacial score (nSPS) is 10.6. The van der Waals surface area contributed by atoms with Gasteiger partial charge in [-0.2, -0.15) is 5.10 Å². The first-order valence-electron chi connectivity index (χ1n) is 7.70. The third kappa shape index (κ3) is 3.74. The van der Waals surface area contributed by atoms with Gasteiger partial charge in [0.25, 0.3) is 5.91 Å². The van der Waals surface area contributed by atoms with E-state index in [1.54, 1.807) is 17.9 Å². The first-order valence-corrected chi connectivity index (χ1v) is 8.49. The molecule has 3 aromatic rings. The van der Waals surface area contributed by atoms with Crippen molar-refractivity contribution in [2.45, 2.75) is 13.1 Å². The number of amides is 1. The molecule has 0 spiro atoms. The molecule has 0 aliphatic carbocycles. The minimum Gasteiger partial charge on any atom is -0.330 e. The standard InChI is InChI=1S/C19H18BrN3O/c1-22-18(20)17(12-21-22)19(24)23(13-15-8-4-2-5-9-15)14-16-10-6-3-7-11-16/h2-12H,13-14H2,1H3. The lowest BCUT2D eigenvalue weighted by molar-refractivity contribution is 0.0729. The molecule has 1 amide bonds. The Kier molecular flexibility index (Phi) is 5.11. The van der Waals surface area contributed by atoms with Crippen LogP contribution in [0.4, 0.5) is 0 Å². The van der Waals surface area contributed by atoms with E-state index in [0.717, 1.165) is 11.1 Å². The van der Waals surface area contributed by atoms with Crippen LogP contribution in [0, 0.1) is 0 Å². The Bertz CT molecular complexity index is 774. The molecular weight excluding hydrogens is 366 g/mol. The highest BCUT2D eigenvalue weighted by molar-refractivity contribution is 9.10. The van der Waals surface area contributed by atoms with E-state index in [-0.39, 0.29) is 5.91 Å². The molecule has 1 aromatic heterocycles. The first-order chi connectivity index (χ1) is 11.6. The molecule has 0 bridgehead atoms. The number of nitrogens with zero attached hydrogens (tertiary/aromatic N) is 3. The predicted octanol–water partition coefficient (Wildman–Crippen LogP) is 4.03. The molecule has 122 valence electrons. The van der Waals surface area contributed by atoms with E-state index in [4.69, 9.17) is 0 Å². The fraction of sp³-hybridized carbons (Fsp3) is 0.158. The summed E-state index contributed by atoms with van der Waals surface area (Å²) in [5, 5.41) is 4.16. The van der Waals surface area contributed by atoms with Crippen molar-refractivity contribution in [3.8, 4) is 0 Å². The Morgan fingerprint density at radius 2 is 1.50 bits per heavy atom. The Morgan fingerprint density at radius 1 is 1.00 bits per heavy atom. The molecular formula is C19H18BrN3O. The third-order valence-corrected chi connectivity index (χ3v) is 4.76. The van der Waals surface area contributed by atoms with E-state index in [2.05, 4.69) is 21.0 Å². The van der Waals surface area contributed by atoms with Gasteiger partial charge in [-0.25, -0.2) is 0 Å². The average Bonchev–Trinajstić information content (AvgIpc) is 2.95. The molecule has 0 atom stereocenters. The molecule has 0 aliphatic rings. The van der Waals surface area contributed by atoms with Gasteiger partial charge >= 0.3 is 0 Å². The molecule has 0 saturated heterocycles. The molecule has 0 fully saturated rings. The molecule has 1 heterocycles. The van der Waals surface area contributed by atoms with Crippen LogP contribution in [0.15, 0.2) is 71.5 Å². The minimum atomic E-state index is -0.0392. The lowest BCUT2D eigenvalue weighted by Gasteiger charge is -2.23. The number of hydrogen-bond acceptors (Lipinski definition) is 2. The number of rotatable bonds is 5. The van der Waals surface area contributed by atoms with Crippen molar-refractivity contribution in [2.75, 3.05) is 0 Å². The smallest absolute Gasteiger partial charge is 0.258 e. The molecule has 3 rings (SSSR count). The van der Waals surface area contributed by atoms with Crippen molar-refractivity contribution < 1.29 is 4.79 Å². The minimum absolute atomic E-state index is 0.0392. The van der Waals surface area contributed by atoms with Crippen molar-refractivity contribution in [2.24, 2.45) is 7.05 Å². The van der Waals surface area contributed by atoms with Crippen LogP contribution in [-0.2, 0) is 20.1 Å². The third-order valence-electron chi connectivity index (χ3n) is 3.82. The van der Waals surface area contributed by atoms with Gasteiger partial charge in [-0.05, 0) is 27.1 Å². The molecule has 2 aromatic carbocycles. The van der Waals surface area contributed by atoms with Gasteiger partial charge < -0.3 is 4.90 Å². The van der Waals surface area contributed by atoms with Crippen LogP contribution in [0.5, 0.6) is 0 Å². The highest BCUT2D eigenvalue weighted by Gasteiger charge is 2.21. The number of carbonyl (C=O) groups is 1. The van der Waals surface area contributed by atoms with Gasteiger partial charge in [0.2, 0.25) is 0 Å². The zero-order valence-corrected chi connectivity index (χ0v) is 15.0. The summed E-state index contributed by atoms with van der Waals surface area (Å²) in [5.41, 5.74) is 2.77. The molecule has 0 saturated carbocycles. The molecule has 0 aliphatic heterocycles. The predicted molar refractivity (Wildman–Crippen MR) is 97.4 cm³/mol. The second-order valence-electron chi connectivity index (χ2n) is 5.61. The van der Waals surface area contributed by atoms with Gasteiger partial charge in [0, 0.05) is 20.1 Å². The summed E-state index contributed by atoms with van der Waals surface area (Å²) in [7, 11) is 1.81. The maximum atomic E-state index is 13.0. The van der Waals surface area contributed by atoms with Crippen LogP contribution in [0.25, 0.3) is 0 Å². The van der Waals surface area contributed by atoms with Crippen molar-refractivity contribution >= 4 is 21.8 Å². The number of aromatic nitrogens is 2. The largest absolute Gasteiger partial charge is 0.330 e. The van der Waals surface area contributed by atoms with Crippen molar-refractivity contribution in [1.82, 2.24) is 14.7 Å². The highest BCUT2D eigenvalue weighted by Crippen LogP contribution is 2.20. The number of hydrogen-bond donors (Lipinski definition) is 0. The Morgan fingerprint density at radius 3 is 1.92 bits per heavy atom. The van der Waals surface area contributed by atoms with Crippen molar-refractivity contribution in [1.29, 1.82) is 0 Å². The molecule has 5 heteroatoms. The zero-order chi connectivity index (χ0) is 16.9. The molecule has 4 nitrogen and oxygen atoms in total. The number of carbonyl (C=O) groups excluding carboxylic acids is 1. The van der Waals surface area contributed by atoms with Gasteiger partial charge in [0.15, 0.2) is 0 Å². The Hall–Kier alpha value is -2.40.